The lowest BCUT2D eigenvalue weighted by atomic mass is 10.1. The molecule has 2 rings (SSSR count). The SMILES string of the molecule is CNC(C)c1cccc(NC(=O)N(C)C2CCOC2)c1. The number of urea groups is 1. The van der Waals surface area contributed by atoms with E-state index in [1.54, 1.807) is 4.90 Å². The van der Waals surface area contributed by atoms with Crippen LogP contribution in [0.4, 0.5) is 10.5 Å². The Morgan fingerprint density at radius 2 is 2.30 bits per heavy atom. The smallest absolute Gasteiger partial charge is 0.321 e. The number of nitrogens with zero attached hydrogens (tertiary/aromatic N) is 1. The van der Waals surface area contributed by atoms with E-state index >= 15 is 0 Å². The summed E-state index contributed by atoms with van der Waals surface area (Å²) >= 11 is 0. The van der Waals surface area contributed by atoms with E-state index in [0.29, 0.717) is 6.61 Å². The molecule has 0 bridgehead atoms. The lowest BCUT2D eigenvalue weighted by Crippen LogP contribution is -2.40. The molecular formula is C15H23N3O2. The molecule has 0 aromatic heterocycles. The first-order valence-electron chi connectivity index (χ1n) is 7.00. The van der Waals surface area contributed by atoms with Crippen LogP contribution in [0, 0.1) is 0 Å². The van der Waals surface area contributed by atoms with Gasteiger partial charge in [-0.2, -0.15) is 0 Å². The number of carbonyl (C=O) groups excluding carboxylic acids is 1. The van der Waals surface area contributed by atoms with E-state index < -0.39 is 0 Å². The van der Waals surface area contributed by atoms with Crippen molar-refractivity contribution in [2.24, 2.45) is 0 Å². The van der Waals surface area contributed by atoms with Crippen LogP contribution in [-0.2, 0) is 4.74 Å². The summed E-state index contributed by atoms with van der Waals surface area (Å²) in [5.74, 6) is 0. The van der Waals surface area contributed by atoms with Gasteiger partial charge in [0.15, 0.2) is 0 Å². The van der Waals surface area contributed by atoms with Gasteiger partial charge in [0.2, 0.25) is 0 Å². The fourth-order valence-electron chi connectivity index (χ4n) is 2.26. The first-order valence-corrected chi connectivity index (χ1v) is 7.00. The van der Waals surface area contributed by atoms with Crippen LogP contribution in [0.1, 0.15) is 24.9 Å². The van der Waals surface area contributed by atoms with E-state index in [-0.39, 0.29) is 18.1 Å². The minimum Gasteiger partial charge on any atom is -0.379 e. The molecular weight excluding hydrogens is 254 g/mol. The number of benzene rings is 1. The summed E-state index contributed by atoms with van der Waals surface area (Å²) in [7, 11) is 3.73. The Kier molecular flexibility index (Phi) is 4.98. The maximum atomic E-state index is 12.2. The first-order chi connectivity index (χ1) is 9.61. The van der Waals surface area contributed by atoms with Crippen molar-refractivity contribution in [2.45, 2.75) is 25.4 Å². The maximum absolute atomic E-state index is 12.2. The van der Waals surface area contributed by atoms with E-state index in [0.717, 1.165) is 24.3 Å². The van der Waals surface area contributed by atoms with Crippen LogP contribution >= 0.6 is 0 Å². The zero-order valence-corrected chi connectivity index (χ0v) is 12.3. The Morgan fingerprint density at radius 1 is 1.50 bits per heavy atom. The number of anilines is 1. The molecule has 0 aliphatic carbocycles. The van der Waals surface area contributed by atoms with Gasteiger partial charge >= 0.3 is 6.03 Å². The quantitative estimate of drug-likeness (QED) is 0.887. The topological polar surface area (TPSA) is 53.6 Å². The summed E-state index contributed by atoms with van der Waals surface area (Å²) in [6, 6.07) is 8.25. The number of carbonyl (C=O) groups is 1. The largest absolute Gasteiger partial charge is 0.379 e. The summed E-state index contributed by atoms with van der Waals surface area (Å²) in [6.45, 7) is 3.45. The third-order valence-corrected chi connectivity index (χ3v) is 3.84. The number of rotatable bonds is 4. The van der Waals surface area contributed by atoms with Crippen molar-refractivity contribution < 1.29 is 9.53 Å². The number of ether oxygens (including phenoxy) is 1. The number of nitrogens with one attached hydrogen (secondary N) is 2. The molecule has 1 saturated heterocycles. The summed E-state index contributed by atoms with van der Waals surface area (Å²) in [6.07, 6.45) is 0.904. The third-order valence-electron chi connectivity index (χ3n) is 3.84. The van der Waals surface area contributed by atoms with Crippen LogP contribution in [0.3, 0.4) is 0 Å². The summed E-state index contributed by atoms with van der Waals surface area (Å²) in [5.41, 5.74) is 1.97. The van der Waals surface area contributed by atoms with Crippen molar-refractivity contribution in [1.29, 1.82) is 0 Å². The second kappa shape index (κ2) is 6.72. The summed E-state index contributed by atoms with van der Waals surface area (Å²) in [4.78, 5) is 13.9. The Bertz CT molecular complexity index is 458. The van der Waals surface area contributed by atoms with Gasteiger partial charge in [0.1, 0.15) is 0 Å². The Labute approximate surface area is 120 Å². The molecule has 110 valence electrons. The lowest BCUT2D eigenvalue weighted by molar-refractivity contribution is 0.164. The third kappa shape index (κ3) is 3.49. The Hall–Kier alpha value is -1.59. The number of likely N-dealkylation sites (N-methyl/N-ethyl adjacent to an activating group) is 1. The molecule has 1 aliphatic rings. The van der Waals surface area contributed by atoms with Gasteiger partial charge in [-0.05, 0) is 38.1 Å². The molecule has 1 heterocycles. The molecule has 5 heteroatoms. The number of hydrogen-bond acceptors (Lipinski definition) is 3. The van der Waals surface area contributed by atoms with E-state index in [9.17, 15) is 4.79 Å². The van der Waals surface area contributed by atoms with Crippen molar-refractivity contribution in [3.05, 3.63) is 29.8 Å². The highest BCUT2D eigenvalue weighted by Gasteiger charge is 2.24. The molecule has 2 amide bonds. The van der Waals surface area contributed by atoms with Crippen LogP contribution in [0.25, 0.3) is 0 Å². The minimum absolute atomic E-state index is 0.0882. The standard InChI is InChI=1S/C15H23N3O2/c1-11(16-2)12-5-4-6-13(9-12)17-15(19)18(3)14-7-8-20-10-14/h4-6,9,11,14,16H,7-8,10H2,1-3H3,(H,17,19). The first kappa shape index (κ1) is 14.8. The lowest BCUT2D eigenvalue weighted by Gasteiger charge is -2.23. The molecule has 2 unspecified atom stereocenters. The predicted molar refractivity (Wildman–Crippen MR) is 79.9 cm³/mol. The van der Waals surface area contributed by atoms with Gasteiger partial charge in [-0.1, -0.05) is 12.1 Å². The maximum Gasteiger partial charge on any atom is 0.321 e. The van der Waals surface area contributed by atoms with Gasteiger partial charge in [0.05, 0.1) is 12.6 Å². The molecule has 0 radical (unpaired) electrons. The van der Waals surface area contributed by atoms with E-state index in [2.05, 4.69) is 17.6 Å². The monoisotopic (exact) mass is 277 g/mol. The summed E-state index contributed by atoms with van der Waals surface area (Å²) < 4.78 is 5.31. The molecule has 2 N–H and O–H groups in total. The fourth-order valence-corrected chi connectivity index (χ4v) is 2.26. The summed E-state index contributed by atoms with van der Waals surface area (Å²) in [5, 5.41) is 6.13. The highest BCUT2D eigenvalue weighted by molar-refractivity contribution is 5.89. The fraction of sp³-hybridized carbons (Fsp3) is 0.533. The van der Waals surface area contributed by atoms with Crippen molar-refractivity contribution >= 4 is 11.7 Å². The molecule has 5 nitrogen and oxygen atoms in total. The van der Waals surface area contributed by atoms with Gasteiger partial charge < -0.3 is 20.3 Å². The van der Waals surface area contributed by atoms with Crippen molar-refractivity contribution in [3.8, 4) is 0 Å². The number of amides is 2. The van der Waals surface area contributed by atoms with E-state index in [1.807, 2.05) is 38.4 Å². The van der Waals surface area contributed by atoms with Gasteiger partial charge in [0, 0.05) is 25.4 Å². The molecule has 1 aliphatic heterocycles. The van der Waals surface area contributed by atoms with Gasteiger partial charge in [0.25, 0.3) is 0 Å². The van der Waals surface area contributed by atoms with Crippen LogP contribution in [0.5, 0.6) is 0 Å². The molecule has 0 saturated carbocycles. The average molecular weight is 277 g/mol. The van der Waals surface area contributed by atoms with Gasteiger partial charge in [-0.3, -0.25) is 0 Å². The second-order valence-corrected chi connectivity index (χ2v) is 5.19. The zero-order valence-electron chi connectivity index (χ0n) is 12.3. The molecule has 2 atom stereocenters. The molecule has 1 aromatic rings. The van der Waals surface area contributed by atoms with Crippen molar-refractivity contribution in [2.75, 3.05) is 32.6 Å². The Balaban J connectivity index is 2.00. The molecule has 0 spiro atoms. The number of hydrogen-bond donors (Lipinski definition) is 2. The van der Waals surface area contributed by atoms with E-state index in [1.165, 1.54) is 0 Å². The van der Waals surface area contributed by atoms with Crippen molar-refractivity contribution in [1.82, 2.24) is 10.2 Å². The van der Waals surface area contributed by atoms with Crippen LogP contribution in [-0.4, -0.2) is 44.3 Å². The van der Waals surface area contributed by atoms with Crippen LogP contribution in [0.15, 0.2) is 24.3 Å². The van der Waals surface area contributed by atoms with Crippen LogP contribution in [0.2, 0.25) is 0 Å². The highest BCUT2D eigenvalue weighted by atomic mass is 16.5. The molecule has 20 heavy (non-hydrogen) atoms. The van der Waals surface area contributed by atoms with Crippen molar-refractivity contribution in [3.63, 3.8) is 0 Å². The second-order valence-electron chi connectivity index (χ2n) is 5.19. The minimum atomic E-state index is -0.0882. The molecule has 1 fully saturated rings. The van der Waals surface area contributed by atoms with Crippen LogP contribution < -0.4 is 10.6 Å². The molecule has 1 aromatic carbocycles. The Morgan fingerprint density at radius 3 is 2.95 bits per heavy atom. The van der Waals surface area contributed by atoms with Gasteiger partial charge in [-0.25, -0.2) is 4.79 Å². The predicted octanol–water partition coefficient (Wildman–Crippen LogP) is 2.22. The average Bonchev–Trinajstić information content (AvgIpc) is 3.00. The van der Waals surface area contributed by atoms with Gasteiger partial charge in [-0.15, -0.1) is 0 Å². The normalized spacial score (nSPS) is 19.6. The highest BCUT2D eigenvalue weighted by Crippen LogP contribution is 2.18. The van der Waals surface area contributed by atoms with E-state index in [4.69, 9.17) is 4.74 Å². The zero-order chi connectivity index (χ0) is 14.5.